The smallest absolute Gasteiger partial charge is 0.243 e. The third-order valence-corrected chi connectivity index (χ3v) is 5.07. The largest absolute Gasteiger partial charge is 0.461 e. The monoisotopic (exact) mass is 454 g/mol. The van der Waals surface area contributed by atoms with Gasteiger partial charge in [-0.1, -0.05) is 46.3 Å². The molecule has 2 amide bonds. The van der Waals surface area contributed by atoms with Crippen molar-refractivity contribution in [3.05, 3.63) is 76.5 Å². The van der Waals surface area contributed by atoms with Crippen LogP contribution in [0, 0.1) is 6.92 Å². The third kappa shape index (κ3) is 5.81. The predicted molar refractivity (Wildman–Crippen MR) is 118 cm³/mol. The van der Waals surface area contributed by atoms with E-state index in [-0.39, 0.29) is 24.8 Å². The molecule has 2 aromatic carbocycles. The van der Waals surface area contributed by atoms with Crippen LogP contribution in [0.5, 0.6) is 0 Å². The van der Waals surface area contributed by atoms with Gasteiger partial charge >= 0.3 is 0 Å². The van der Waals surface area contributed by atoms with Crippen molar-refractivity contribution in [2.45, 2.75) is 19.8 Å². The molecule has 0 aliphatic carbocycles. The first kappa shape index (κ1) is 20.9. The number of carbonyl (C=O) groups excluding carboxylic acids is 2. The zero-order chi connectivity index (χ0) is 20.8. The number of hydrogen-bond donors (Lipinski definition) is 1. The van der Waals surface area contributed by atoms with Crippen LogP contribution in [0.3, 0.4) is 0 Å². The van der Waals surface area contributed by atoms with Crippen molar-refractivity contribution in [1.82, 2.24) is 4.90 Å². The lowest BCUT2D eigenvalue weighted by molar-refractivity contribution is -0.133. The minimum Gasteiger partial charge on any atom is -0.461 e. The fraction of sp³-hybridized carbons (Fsp3) is 0.217. The fourth-order valence-electron chi connectivity index (χ4n) is 2.95. The molecule has 1 N–H and O–H groups in total. The van der Waals surface area contributed by atoms with Gasteiger partial charge in [-0.3, -0.25) is 9.59 Å². The highest BCUT2D eigenvalue weighted by atomic mass is 79.9. The van der Waals surface area contributed by atoms with Crippen LogP contribution in [-0.2, 0) is 16.0 Å². The molecule has 0 saturated heterocycles. The van der Waals surface area contributed by atoms with Gasteiger partial charge in [0.15, 0.2) is 0 Å². The average Bonchev–Trinajstić information content (AvgIpc) is 3.18. The molecule has 0 fully saturated rings. The summed E-state index contributed by atoms with van der Waals surface area (Å²) in [5.41, 5.74) is 2.69. The minimum atomic E-state index is -0.226. The van der Waals surface area contributed by atoms with E-state index < -0.39 is 0 Å². The molecule has 1 aromatic heterocycles. The van der Waals surface area contributed by atoms with Crippen LogP contribution in [0.25, 0.3) is 11.3 Å². The number of rotatable bonds is 7. The number of nitrogens with zero attached hydrogens (tertiary/aromatic N) is 1. The van der Waals surface area contributed by atoms with E-state index in [2.05, 4.69) is 21.2 Å². The normalized spacial score (nSPS) is 10.6. The molecule has 1 heterocycles. The zero-order valence-corrected chi connectivity index (χ0v) is 18.0. The Balaban J connectivity index is 1.49. The van der Waals surface area contributed by atoms with Crippen LogP contribution in [0.1, 0.15) is 17.7 Å². The summed E-state index contributed by atoms with van der Waals surface area (Å²) in [5.74, 6) is 1.20. The number of furan rings is 1. The zero-order valence-electron chi connectivity index (χ0n) is 16.4. The molecule has 3 rings (SSSR count). The van der Waals surface area contributed by atoms with Crippen molar-refractivity contribution in [3.63, 3.8) is 0 Å². The van der Waals surface area contributed by atoms with Crippen molar-refractivity contribution in [1.29, 1.82) is 0 Å². The van der Waals surface area contributed by atoms with Gasteiger partial charge in [-0.15, -0.1) is 0 Å². The number of anilines is 1. The Hall–Kier alpha value is -2.86. The maximum Gasteiger partial charge on any atom is 0.243 e. The quantitative estimate of drug-likeness (QED) is 0.543. The summed E-state index contributed by atoms with van der Waals surface area (Å²) in [7, 11) is 1.63. The van der Waals surface area contributed by atoms with E-state index >= 15 is 0 Å². The lowest BCUT2D eigenvalue weighted by Gasteiger charge is -2.17. The minimum absolute atomic E-state index is 0.00174. The Labute approximate surface area is 178 Å². The molecule has 0 bridgehead atoms. The third-order valence-electron chi connectivity index (χ3n) is 4.57. The molecule has 0 spiro atoms. The van der Waals surface area contributed by atoms with Gasteiger partial charge in [-0.25, -0.2) is 0 Å². The van der Waals surface area contributed by atoms with Crippen molar-refractivity contribution >= 4 is 33.4 Å². The summed E-state index contributed by atoms with van der Waals surface area (Å²) in [6.45, 7) is 1.92. The van der Waals surface area contributed by atoms with Crippen LogP contribution in [-0.4, -0.2) is 30.3 Å². The summed E-state index contributed by atoms with van der Waals surface area (Å²) in [5, 5.41) is 2.85. The first-order valence-corrected chi connectivity index (χ1v) is 10.2. The first-order chi connectivity index (χ1) is 13.9. The van der Waals surface area contributed by atoms with Gasteiger partial charge in [0.1, 0.15) is 11.5 Å². The van der Waals surface area contributed by atoms with E-state index in [9.17, 15) is 9.59 Å². The Morgan fingerprint density at radius 3 is 2.55 bits per heavy atom. The average molecular weight is 455 g/mol. The Morgan fingerprint density at radius 2 is 1.83 bits per heavy atom. The van der Waals surface area contributed by atoms with Crippen LogP contribution in [0.15, 0.2) is 69.6 Å². The van der Waals surface area contributed by atoms with E-state index in [1.165, 1.54) is 4.90 Å². The number of benzene rings is 2. The number of hydrogen-bond acceptors (Lipinski definition) is 3. The van der Waals surface area contributed by atoms with Gasteiger partial charge in [0.25, 0.3) is 0 Å². The maximum absolute atomic E-state index is 12.4. The van der Waals surface area contributed by atoms with Crippen molar-refractivity contribution in [2.24, 2.45) is 0 Å². The summed E-state index contributed by atoms with van der Waals surface area (Å²) in [6.07, 6.45) is 0.770. The van der Waals surface area contributed by atoms with E-state index in [0.717, 1.165) is 32.8 Å². The summed E-state index contributed by atoms with van der Waals surface area (Å²) in [4.78, 5) is 26.1. The standard InChI is InChI=1S/C23H23BrN2O3/c1-16-14-18(24)8-11-20(16)25-22(27)15-26(2)23(28)13-10-19-9-12-21(29-19)17-6-4-3-5-7-17/h3-9,11-12,14H,10,13,15H2,1-2H3,(H,25,27). The summed E-state index contributed by atoms with van der Waals surface area (Å²) in [6, 6.07) is 19.2. The molecular weight excluding hydrogens is 432 g/mol. The Morgan fingerprint density at radius 1 is 1.07 bits per heavy atom. The lowest BCUT2D eigenvalue weighted by atomic mass is 10.2. The molecule has 3 aromatic rings. The first-order valence-electron chi connectivity index (χ1n) is 9.36. The van der Waals surface area contributed by atoms with Crippen molar-refractivity contribution in [2.75, 3.05) is 18.9 Å². The van der Waals surface area contributed by atoms with Crippen LogP contribution < -0.4 is 5.32 Å². The molecule has 0 unspecified atom stereocenters. The van der Waals surface area contributed by atoms with E-state index in [1.807, 2.05) is 67.6 Å². The molecule has 0 radical (unpaired) electrons. The lowest BCUT2D eigenvalue weighted by Crippen LogP contribution is -2.35. The van der Waals surface area contributed by atoms with Gasteiger partial charge in [-0.2, -0.15) is 0 Å². The van der Waals surface area contributed by atoms with Gasteiger partial charge < -0.3 is 14.6 Å². The number of halogens is 1. The Kier molecular flexibility index (Phi) is 6.88. The van der Waals surface area contributed by atoms with E-state index in [0.29, 0.717) is 6.42 Å². The highest BCUT2D eigenvalue weighted by Crippen LogP contribution is 2.23. The summed E-state index contributed by atoms with van der Waals surface area (Å²) < 4.78 is 6.78. The van der Waals surface area contributed by atoms with Gasteiger partial charge in [0, 0.05) is 35.6 Å². The Bertz CT molecular complexity index is 998. The molecule has 0 aliphatic rings. The van der Waals surface area contributed by atoms with E-state index in [1.54, 1.807) is 7.05 Å². The second kappa shape index (κ2) is 9.56. The second-order valence-corrected chi connectivity index (χ2v) is 7.80. The topological polar surface area (TPSA) is 62.6 Å². The van der Waals surface area contributed by atoms with E-state index in [4.69, 9.17) is 4.42 Å². The van der Waals surface area contributed by atoms with Gasteiger partial charge in [-0.05, 0) is 42.8 Å². The highest BCUT2D eigenvalue weighted by Gasteiger charge is 2.15. The molecular formula is C23H23BrN2O3. The molecule has 5 nitrogen and oxygen atoms in total. The maximum atomic E-state index is 12.4. The molecule has 0 saturated carbocycles. The molecule has 6 heteroatoms. The number of nitrogens with one attached hydrogen (secondary N) is 1. The SMILES string of the molecule is Cc1cc(Br)ccc1NC(=O)CN(C)C(=O)CCc1ccc(-c2ccccc2)o1. The number of carbonyl (C=O) groups is 2. The predicted octanol–water partition coefficient (Wildman–Crippen LogP) is 5.05. The van der Waals surface area contributed by atoms with Gasteiger partial charge in [0.05, 0.1) is 6.54 Å². The second-order valence-electron chi connectivity index (χ2n) is 6.89. The number of likely N-dealkylation sites (N-methyl/N-ethyl adjacent to an activating group) is 1. The number of aryl methyl sites for hydroxylation is 2. The van der Waals surface area contributed by atoms with Crippen LogP contribution in [0.4, 0.5) is 5.69 Å². The van der Waals surface area contributed by atoms with Gasteiger partial charge in [0.2, 0.25) is 11.8 Å². The van der Waals surface area contributed by atoms with Crippen LogP contribution in [0.2, 0.25) is 0 Å². The van der Waals surface area contributed by atoms with Crippen molar-refractivity contribution in [3.8, 4) is 11.3 Å². The highest BCUT2D eigenvalue weighted by molar-refractivity contribution is 9.10. The summed E-state index contributed by atoms with van der Waals surface area (Å²) >= 11 is 3.40. The molecule has 150 valence electrons. The molecule has 0 aliphatic heterocycles. The molecule has 29 heavy (non-hydrogen) atoms. The van der Waals surface area contributed by atoms with Crippen LogP contribution >= 0.6 is 15.9 Å². The fourth-order valence-corrected chi connectivity index (χ4v) is 3.43. The molecule has 0 atom stereocenters. The van der Waals surface area contributed by atoms with Crippen molar-refractivity contribution < 1.29 is 14.0 Å². The number of amides is 2.